The molecular weight excluding hydrogens is 410 g/mol. The van der Waals surface area contributed by atoms with Gasteiger partial charge < -0.3 is 23.6 Å². The highest BCUT2D eigenvalue weighted by atomic mass is 35.5. The first-order valence-corrected chi connectivity index (χ1v) is 9.49. The number of carbonyl (C=O) groups excluding carboxylic acids is 1. The first-order chi connectivity index (χ1) is 14.5. The summed E-state index contributed by atoms with van der Waals surface area (Å²) in [6, 6.07) is 10.5. The molecule has 0 bridgehead atoms. The number of benzene rings is 2. The number of carbonyl (C=O) groups is 1. The van der Waals surface area contributed by atoms with E-state index >= 15 is 0 Å². The van der Waals surface area contributed by atoms with Crippen LogP contribution >= 0.6 is 11.6 Å². The molecule has 1 heterocycles. The summed E-state index contributed by atoms with van der Waals surface area (Å²) >= 11 is 6.17. The average Bonchev–Trinajstić information content (AvgIpc) is 3.24. The van der Waals surface area contributed by atoms with Crippen molar-refractivity contribution >= 4 is 17.5 Å². The van der Waals surface area contributed by atoms with E-state index in [4.69, 9.17) is 30.3 Å². The number of halogens is 1. The molecule has 0 fully saturated rings. The lowest BCUT2D eigenvalue weighted by Gasteiger charge is -2.18. The van der Waals surface area contributed by atoms with Gasteiger partial charge in [-0.25, -0.2) is 0 Å². The molecule has 0 atom stereocenters. The highest BCUT2D eigenvalue weighted by molar-refractivity contribution is 6.33. The van der Waals surface area contributed by atoms with Crippen molar-refractivity contribution in [3.05, 3.63) is 52.8 Å². The molecule has 30 heavy (non-hydrogen) atoms. The number of likely N-dealkylation sites (N-methyl/N-ethyl adjacent to an activating group) is 1. The summed E-state index contributed by atoms with van der Waals surface area (Å²) in [7, 11) is 6.21. The highest BCUT2D eigenvalue weighted by Crippen LogP contribution is 2.38. The minimum atomic E-state index is -0.205. The van der Waals surface area contributed by atoms with Crippen molar-refractivity contribution in [1.82, 2.24) is 15.0 Å². The van der Waals surface area contributed by atoms with Crippen LogP contribution in [0.3, 0.4) is 0 Å². The predicted octanol–water partition coefficient (Wildman–Crippen LogP) is 3.73. The number of hydrogen-bond donors (Lipinski definition) is 0. The zero-order valence-corrected chi connectivity index (χ0v) is 17.9. The van der Waals surface area contributed by atoms with E-state index in [-0.39, 0.29) is 5.91 Å². The molecule has 3 rings (SSSR count). The maximum absolute atomic E-state index is 12.9. The first-order valence-electron chi connectivity index (χ1n) is 9.11. The van der Waals surface area contributed by atoms with Crippen molar-refractivity contribution in [2.45, 2.75) is 6.42 Å². The van der Waals surface area contributed by atoms with E-state index in [0.717, 1.165) is 0 Å². The Bertz CT molecular complexity index is 1010. The molecule has 2 aromatic carbocycles. The van der Waals surface area contributed by atoms with Crippen molar-refractivity contribution in [2.24, 2.45) is 0 Å². The Balaban J connectivity index is 1.70. The molecule has 0 saturated heterocycles. The van der Waals surface area contributed by atoms with E-state index in [1.54, 1.807) is 36.2 Å². The number of amides is 1. The second kappa shape index (κ2) is 9.49. The molecule has 8 nitrogen and oxygen atoms in total. The summed E-state index contributed by atoms with van der Waals surface area (Å²) in [5.41, 5.74) is 1.08. The lowest BCUT2D eigenvalue weighted by molar-refractivity contribution is 0.0795. The van der Waals surface area contributed by atoms with Gasteiger partial charge in [0.2, 0.25) is 5.75 Å². The monoisotopic (exact) mass is 431 g/mol. The molecule has 1 amide bonds. The zero-order chi connectivity index (χ0) is 21.7. The molecule has 0 N–H and O–H groups in total. The molecule has 0 radical (unpaired) electrons. The Labute approximate surface area is 179 Å². The number of ether oxygens (including phenoxy) is 3. The largest absolute Gasteiger partial charge is 0.493 e. The summed E-state index contributed by atoms with van der Waals surface area (Å²) in [6.07, 6.45) is 0.417. The summed E-state index contributed by atoms with van der Waals surface area (Å²) in [6.45, 7) is 0.386. The molecule has 0 saturated carbocycles. The van der Waals surface area contributed by atoms with Crippen LogP contribution in [0.1, 0.15) is 16.2 Å². The molecule has 3 aromatic rings. The Morgan fingerprint density at radius 1 is 1.10 bits per heavy atom. The number of methoxy groups -OCH3 is 3. The van der Waals surface area contributed by atoms with Gasteiger partial charge >= 0.3 is 0 Å². The van der Waals surface area contributed by atoms with Gasteiger partial charge in [-0.15, -0.1) is 0 Å². The van der Waals surface area contributed by atoms with Crippen LogP contribution in [-0.2, 0) is 6.42 Å². The molecule has 0 unspecified atom stereocenters. The topological polar surface area (TPSA) is 86.9 Å². The van der Waals surface area contributed by atoms with Gasteiger partial charge in [-0.3, -0.25) is 4.79 Å². The highest BCUT2D eigenvalue weighted by Gasteiger charge is 2.20. The standard InChI is InChI=1S/C21H22ClN3O5/c1-25(21(26)13-11-16(27-2)19(29-4)17(12-13)28-3)10-9-18-23-20(30-24-18)14-7-5-6-8-15(14)22/h5-8,11-12H,9-10H2,1-4H3. The molecule has 0 aliphatic heterocycles. The fourth-order valence-electron chi connectivity index (χ4n) is 2.89. The number of aromatic nitrogens is 2. The van der Waals surface area contributed by atoms with Gasteiger partial charge in [0.1, 0.15) is 0 Å². The maximum atomic E-state index is 12.9. The maximum Gasteiger partial charge on any atom is 0.259 e. The van der Waals surface area contributed by atoms with Crippen molar-refractivity contribution in [3.63, 3.8) is 0 Å². The van der Waals surface area contributed by atoms with Gasteiger partial charge in [0.05, 0.1) is 31.9 Å². The van der Waals surface area contributed by atoms with Crippen molar-refractivity contribution in [3.8, 4) is 28.7 Å². The summed E-state index contributed by atoms with van der Waals surface area (Å²) in [4.78, 5) is 18.8. The van der Waals surface area contributed by atoms with Crippen molar-refractivity contribution < 1.29 is 23.5 Å². The normalized spacial score (nSPS) is 10.6. The zero-order valence-electron chi connectivity index (χ0n) is 17.1. The van der Waals surface area contributed by atoms with Crippen LogP contribution in [0, 0.1) is 0 Å². The third-order valence-electron chi connectivity index (χ3n) is 4.50. The van der Waals surface area contributed by atoms with Crippen LogP contribution < -0.4 is 14.2 Å². The van der Waals surface area contributed by atoms with Crippen LogP contribution in [0.5, 0.6) is 17.2 Å². The first kappa shape index (κ1) is 21.4. The van der Waals surface area contributed by atoms with E-state index in [2.05, 4.69) is 10.1 Å². The minimum absolute atomic E-state index is 0.205. The van der Waals surface area contributed by atoms with Crippen LogP contribution in [-0.4, -0.2) is 55.9 Å². The van der Waals surface area contributed by atoms with Gasteiger partial charge in [-0.2, -0.15) is 4.98 Å². The van der Waals surface area contributed by atoms with E-state index in [1.807, 2.05) is 12.1 Å². The lowest BCUT2D eigenvalue weighted by Crippen LogP contribution is -2.29. The fraction of sp³-hybridized carbons (Fsp3) is 0.286. The minimum Gasteiger partial charge on any atom is -0.493 e. The summed E-state index contributed by atoms with van der Waals surface area (Å²) < 4.78 is 21.2. The SMILES string of the molecule is COc1cc(C(=O)N(C)CCc2noc(-c3ccccc3Cl)n2)cc(OC)c1OC. The van der Waals surface area contributed by atoms with Crippen LogP contribution in [0.15, 0.2) is 40.9 Å². The number of hydrogen-bond acceptors (Lipinski definition) is 7. The lowest BCUT2D eigenvalue weighted by atomic mass is 10.1. The quantitative estimate of drug-likeness (QED) is 0.537. The van der Waals surface area contributed by atoms with Gasteiger partial charge in [-0.05, 0) is 24.3 Å². The third-order valence-corrected chi connectivity index (χ3v) is 4.83. The Hall–Kier alpha value is -3.26. The number of rotatable bonds is 8. The van der Waals surface area contributed by atoms with E-state index in [0.29, 0.717) is 58.1 Å². The Morgan fingerprint density at radius 3 is 2.37 bits per heavy atom. The number of nitrogens with zero attached hydrogens (tertiary/aromatic N) is 3. The van der Waals surface area contributed by atoms with Crippen LogP contribution in [0.4, 0.5) is 0 Å². The van der Waals surface area contributed by atoms with Crippen molar-refractivity contribution in [2.75, 3.05) is 34.9 Å². The van der Waals surface area contributed by atoms with Crippen LogP contribution in [0.2, 0.25) is 5.02 Å². The molecule has 0 spiro atoms. The molecular formula is C21H22ClN3O5. The molecule has 0 aliphatic rings. The van der Waals surface area contributed by atoms with Crippen molar-refractivity contribution in [1.29, 1.82) is 0 Å². The van der Waals surface area contributed by atoms with E-state index in [9.17, 15) is 4.79 Å². The third kappa shape index (κ3) is 4.49. The second-order valence-corrected chi connectivity index (χ2v) is 6.79. The smallest absolute Gasteiger partial charge is 0.259 e. The summed E-state index contributed by atoms with van der Waals surface area (Å²) in [5.74, 6) is 1.87. The molecule has 1 aromatic heterocycles. The van der Waals surface area contributed by atoms with Gasteiger partial charge in [0.15, 0.2) is 17.3 Å². The van der Waals surface area contributed by atoms with E-state index < -0.39 is 0 Å². The van der Waals surface area contributed by atoms with Gasteiger partial charge in [0.25, 0.3) is 11.8 Å². The summed E-state index contributed by atoms with van der Waals surface area (Å²) in [5, 5.41) is 4.51. The molecule has 0 aliphatic carbocycles. The predicted molar refractivity (Wildman–Crippen MR) is 112 cm³/mol. The molecule has 9 heteroatoms. The van der Waals surface area contributed by atoms with E-state index in [1.165, 1.54) is 21.3 Å². The molecule has 158 valence electrons. The fourth-order valence-corrected chi connectivity index (χ4v) is 3.11. The second-order valence-electron chi connectivity index (χ2n) is 6.39. The van der Waals surface area contributed by atoms with Gasteiger partial charge in [-0.1, -0.05) is 28.9 Å². The van der Waals surface area contributed by atoms with Crippen LogP contribution in [0.25, 0.3) is 11.5 Å². The Kier molecular flexibility index (Phi) is 6.79. The van der Waals surface area contributed by atoms with Gasteiger partial charge in [0, 0.05) is 25.6 Å². The Morgan fingerprint density at radius 2 is 1.77 bits per heavy atom. The average molecular weight is 432 g/mol.